The van der Waals surface area contributed by atoms with E-state index in [1.54, 1.807) is 13.0 Å². The molecule has 1 N–H and O–H groups in total. The van der Waals surface area contributed by atoms with Gasteiger partial charge in [-0.1, -0.05) is 62.3 Å². The van der Waals surface area contributed by atoms with Crippen molar-refractivity contribution >= 4 is 12.3 Å². The van der Waals surface area contributed by atoms with Gasteiger partial charge in [0.15, 0.2) is 0 Å². The summed E-state index contributed by atoms with van der Waals surface area (Å²) in [6.07, 6.45) is 16.9. The maximum atomic E-state index is 10.3. The van der Waals surface area contributed by atoms with Crippen LogP contribution in [-0.4, -0.2) is 17.4 Å². The largest absolute Gasteiger partial charge is 0.481 e. The van der Waals surface area contributed by atoms with Crippen LogP contribution in [0.2, 0.25) is 0 Å². The van der Waals surface area contributed by atoms with Gasteiger partial charge in [-0.25, -0.2) is 0 Å². The van der Waals surface area contributed by atoms with Crippen molar-refractivity contribution in [1.82, 2.24) is 0 Å². The smallest absolute Gasteiger partial charge is 0.303 e. The molecule has 0 heterocycles. The molecule has 3 nitrogen and oxygen atoms in total. The van der Waals surface area contributed by atoms with Crippen molar-refractivity contribution in [3.05, 3.63) is 58.7 Å². The zero-order valence-electron chi connectivity index (χ0n) is 17.1. The van der Waals surface area contributed by atoms with Crippen LogP contribution in [0.15, 0.2) is 58.7 Å². The molecule has 1 rings (SSSR count). The average molecular weight is 359 g/mol. The third-order valence-electron chi connectivity index (χ3n) is 4.41. The Kier molecular flexibility index (Phi) is 11.2. The fourth-order valence-corrected chi connectivity index (χ4v) is 2.80. The van der Waals surface area contributed by atoms with Crippen LogP contribution in [0.4, 0.5) is 0 Å². The molecule has 0 amide bonds. The molecule has 1 aliphatic carbocycles. The standard InChI is InChI=1S/C20H28O.C3H6O2/c1-16(8-6-9-17(2)13-15-21)11-12-19-18(3)10-7-14-20(19,4)5;1-2-3(4)5/h6,8-9,11-13,15H,7,10,14H2,1-5H3;2H2,1H3,(H,4,5)/b9-6+,12-11+,16-8+,17-13+;. The predicted octanol–water partition coefficient (Wildman–Crippen LogP) is 6.20. The summed E-state index contributed by atoms with van der Waals surface area (Å²) in [4.78, 5) is 19.7. The number of allylic oxidation sites excluding steroid dienone is 10. The number of rotatable bonds is 6. The summed E-state index contributed by atoms with van der Waals surface area (Å²) in [6, 6.07) is 0. The molecule has 0 bridgehead atoms. The summed E-state index contributed by atoms with van der Waals surface area (Å²) in [7, 11) is 0. The second kappa shape index (κ2) is 12.2. The van der Waals surface area contributed by atoms with Gasteiger partial charge in [-0.2, -0.15) is 0 Å². The lowest BCUT2D eigenvalue weighted by molar-refractivity contribution is -0.136. The van der Waals surface area contributed by atoms with Crippen LogP contribution in [-0.2, 0) is 9.59 Å². The molecule has 0 aromatic carbocycles. The summed E-state index contributed by atoms with van der Waals surface area (Å²) < 4.78 is 0. The van der Waals surface area contributed by atoms with Crippen LogP contribution in [0, 0.1) is 5.41 Å². The fraction of sp³-hybridized carbons (Fsp3) is 0.478. The van der Waals surface area contributed by atoms with Crippen LogP contribution in [0.25, 0.3) is 0 Å². The van der Waals surface area contributed by atoms with Gasteiger partial charge in [0.25, 0.3) is 0 Å². The molecule has 144 valence electrons. The van der Waals surface area contributed by atoms with Gasteiger partial charge in [-0.05, 0) is 62.7 Å². The number of aldehydes is 1. The van der Waals surface area contributed by atoms with Crippen LogP contribution in [0.3, 0.4) is 0 Å². The first-order valence-electron chi connectivity index (χ1n) is 9.21. The molecule has 0 aromatic heterocycles. The van der Waals surface area contributed by atoms with Crippen molar-refractivity contribution in [2.45, 2.75) is 67.2 Å². The first kappa shape index (κ1) is 23.8. The number of carboxylic acid groups (broad SMARTS) is 1. The van der Waals surface area contributed by atoms with E-state index in [1.807, 2.05) is 19.1 Å². The molecule has 0 aromatic rings. The maximum Gasteiger partial charge on any atom is 0.303 e. The molecule has 0 aliphatic heterocycles. The quantitative estimate of drug-likeness (QED) is 0.349. The van der Waals surface area contributed by atoms with Crippen molar-refractivity contribution < 1.29 is 14.7 Å². The van der Waals surface area contributed by atoms with E-state index in [-0.39, 0.29) is 11.8 Å². The van der Waals surface area contributed by atoms with E-state index in [9.17, 15) is 9.59 Å². The minimum atomic E-state index is -0.745. The number of carbonyl (C=O) groups excluding carboxylic acids is 1. The Bertz CT molecular complexity index is 626. The maximum absolute atomic E-state index is 10.3. The van der Waals surface area contributed by atoms with Crippen molar-refractivity contribution in [2.24, 2.45) is 5.41 Å². The average Bonchev–Trinajstić information content (AvgIpc) is 2.54. The highest BCUT2D eigenvalue weighted by atomic mass is 16.4. The lowest BCUT2D eigenvalue weighted by Gasteiger charge is -2.32. The molecule has 0 spiro atoms. The monoisotopic (exact) mass is 358 g/mol. The van der Waals surface area contributed by atoms with Gasteiger partial charge in [-0.15, -0.1) is 0 Å². The Hall–Kier alpha value is -2.16. The third-order valence-corrected chi connectivity index (χ3v) is 4.41. The third kappa shape index (κ3) is 9.97. The number of hydrogen-bond donors (Lipinski definition) is 1. The number of aliphatic carboxylic acids is 1. The normalized spacial score (nSPS) is 18.1. The van der Waals surface area contributed by atoms with Crippen molar-refractivity contribution in [1.29, 1.82) is 0 Å². The van der Waals surface area contributed by atoms with Gasteiger partial charge in [0.2, 0.25) is 0 Å². The molecule has 26 heavy (non-hydrogen) atoms. The zero-order chi connectivity index (χ0) is 20.2. The summed E-state index contributed by atoms with van der Waals surface area (Å²) >= 11 is 0. The molecule has 1 aliphatic rings. The molecule has 0 saturated carbocycles. The fourth-order valence-electron chi connectivity index (χ4n) is 2.80. The lowest BCUT2D eigenvalue weighted by Crippen LogP contribution is -2.19. The van der Waals surface area contributed by atoms with Gasteiger partial charge >= 0.3 is 5.97 Å². The van der Waals surface area contributed by atoms with Gasteiger partial charge in [0, 0.05) is 6.42 Å². The Morgan fingerprint density at radius 2 is 1.73 bits per heavy atom. The molecule has 0 saturated heterocycles. The molecular formula is C23H34O3. The van der Waals surface area contributed by atoms with Crippen LogP contribution < -0.4 is 0 Å². The van der Waals surface area contributed by atoms with E-state index in [2.05, 4.69) is 45.9 Å². The highest BCUT2D eigenvalue weighted by molar-refractivity contribution is 5.67. The highest BCUT2D eigenvalue weighted by Crippen LogP contribution is 2.40. The number of hydrogen-bond acceptors (Lipinski definition) is 2. The van der Waals surface area contributed by atoms with Crippen LogP contribution >= 0.6 is 0 Å². The lowest BCUT2D eigenvalue weighted by atomic mass is 9.72. The first-order valence-corrected chi connectivity index (χ1v) is 9.21. The van der Waals surface area contributed by atoms with E-state index in [0.29, 0.717) is 0 Å². The second-order valence-electron chi connectivity index (χ2n) is 7.33. The first-order chi connectivity index (χ1) is 12.1. The highest BCUT2D eigenvalue weighted by Gasteiger charge is 2.26. The zero-order valence-corrected chi connectivity index (χ0v) is 17.1. The summed E-state index contributed by atoms with van der Waals surface area (Å²) in [6.45, 7) is 12.5. The molecule has 0 atom stereocenters. The molecule has 0 unspecified atom stereocenters. The Balaban J connectivity index is 0.00000110. The van der Waals surface area contributed by atoms with Gasteiger partial charge < -0.3 is 5.11 Å². The van der Waals surface area contributed by atoms with Gasteiger partial charge in [0.1, 0.15) is 6.29 Å². The Morgan fingerprint density at radius 3 is 2.23 bits per heavy atom. The molecular weight excluding hydrogens is 324 g/mol. The van der Waals surface area contributed by atoms with Crippen molar-refractivity contribution in [3.8, 4) is 0 Å². The SMILES string of the molecule is CC1=C(/C=C/C(C)=C/C=C/C(C)=C/C=O)C(C)(C)CCC1.CCC(=O)O. The van der Waals surface area contributed by atoms with E-state index >= 15 is 0 Å². The van der Waals surface area contributed by atoms with E-state index in [0.717, 1.165) is 11.9 Å². The van der Waals surface area contributed by atoms with Gasteiger partial charge in [-0.3, -0.25) is 9.59 Å². The van der Waals surface area contributed by atoms with E-state index < -0.39 is 5.97 Å². The predicted molar refractivity (Wildman–Crippen MR) is 110 cm³/mol. The summed E-state index contributed by atoms with van der Waals surface area (Å²) in [5.41, 5.74) is 5.48. The van der Waals surface area contributed by atoms with E-state index in [4.69, 9.17) is 5.11 Å². The molecule has 0 radical (unpaired) electrons. The van der Waals surface area contributed by atoms with Crippen LogP contribution in [0.5, 0.6) is 0 Å². The van der Waals surface area contributed by atoms with Gasteiger partial charge in [0.05, 0.1) is 0 Å². The Morgan fingerprint density at radius 1 is 1.15 bits per heavy atom. The van der Waals surface area contributed by atoms with Crippen LogP contribution in [0.1, 0.15) is 67.2 Å². The summed E-state index contributed by atoms with van der Waals surface area (Å²) in [5.74, 6) is -0.745. The van der Waals surface area contributed by atoms with E-state index in [1.165, 1.54) is 36.0 Å². The minimum Gasteiger partial charge on any atom is -0.481 e. The molecule has 3 heteroatoms. The van der Waals surface area contributed by atoms with Crippen molar-refractivity contribution in [3.63, 3.8) is 0 Å². The summed E-state index contributed by atoms with van der Waals surface area (Å²) in [5, 5.41) is 7.72. The minimum absolute atomic E-state index is 0.222. The molecule has 0 fully saturated rings. The Labute approximate surface area is 158 Å². The number of carbonyl (C=O) groups is 2. The second-order valence-corrected chi connectivity index (χ2v) is 7.33. The number of carboxylic acids is 1. The topological polar surface area (TPSA) is 54.4 Å². The van der Waals surface area contributed by atoms with Crippen molar-refractivity contribution in [2.75, 3.05) is 0 Å².